The number of halogens is 1. The number of aliphatic hydroxyl groups excluding tert-OH is 1. The van der Waals surface area contributed by atoms with Gasteiger partial charge in [0.15, 0.2) is 0 Å². The molecule has 1 heterocycles. The van der Waals surface area contributed by atoms with E-state index in [0.29, 0.717) is 91.7 Å². The quantitative estimate of drug-likeness (QED) is 0.0270. The number of esters is 2. The molecule has 2 aliphatic rings. The Bertz CT molecular complexity index is 2520. The molecule has 0 aromatic heterocycles. The first-order valence-corrected chi connectivity index (χ1v) is 27.7. The van der Waals surface area contributed by atoms with Gasteiger partial charge in [0.1, 0.15) is 64.0 Å². The van der Waals surface area contributed by atoms with Crippen molar-refractivity contribution in [3.05, 3.63) is 93.0 Å². The molecule has 22 heteroatoms. The van der Waals surface area contributed by atoms with Crippen molar-refractivity contribution in [2.45, 2.75) is 69.9 Å². The average Bonchev–Trinajstić information content (AvgIpc) is 3.35. The number of nitrogens with zero attached hydrogens (tertiary/aromatic N) is 1. The van der Waals surface area contributed by atoms with E-state index in [4.69, 9.17) is 37.9 Å². The first kappa shape index (κ1) is 58.2. The Hall–Kier alpha value is -5.08. The zero-order valence-corrected chi connectivity index (χ0v) is 44.5. The van der Waals surface area contributed by atoms with Crippen molar-refractivity contribution < 1.29 is 92.5 Å². The van der Waals surface area contributed by atoms with Gasteiger partial charge in [-0.2, -0.15) is 0 Å². The normalized spacial score (nSPS) is 19.9. The van der Waals surface area contributed by atoms with Crippen LogP contribution in [0.1, 0.15) is 102 Å². The first-order chi connectivity index (χ1) is 35.3. The molecule has 1 saturated heterocycles. The highest BCUT2D eigenvalue weighted by Gasteiger charge is 2.32. The van der Waals surface area contributed by atoms with E-state index in [1.807, 2.05) is 4.90 Å². The number of hydrogen-bond acceptors (Lipinski definition) is 20. The molecule has 9 N–H and O–H groups in total. The molecular weight excluding hydrogens is 1050 g/mol. The van der Waals surface area contributed by atoms with E-state index in [1.165, 1.54) is 24.3 Å². The van der Waals surface area contributed by atoms with Crippen LogP contribution in [0.15, 0.2) is 48.5 Å². The fraction of sp³-hybridized carbons (Fsp3) is 0.500. The molecule has 1 aliphatic carbocycles. The van der Waals surface area contributed by atoms with Gasteiger partial charge < -0.3 is 82.9 Å². The van der Waals surface area contributed by atoms with Gasteiger partial charge in [0.2, 0.25) is 0 Å². The molecule has 0 amide bonds. The Kier molecular flexibility index (Phi) is 21.3. The Labute approximate surface area is 439 Å². The number of carbonyl (C=O) groups excluding carboxylic acids is 2. The lowest BCUT2D eigenvalue weighted by Gasteiger charge is -2.27. The fourth-order valence-corrected chi connectivity index (χ4v) is 9.65. The predicted octanol–water partition coefficient (Wildman–Crippen LogP) is 4.79. The van der Waals surface area contributed by atoms with Gasteiger partial charge in [-0.15, -0.1) is 0 Å². The maximum Gasteiger partial charge on any atom is 0.492 e. The van der Waals surface area contributed by atoms with Crippen LogP contribution in [-0.4, -0.2) is 174 Å². The summed E-state index contributed by atoms with van der Waals surface area (Å²) in [5.74, 6) is -5.89. The molecule has 406 valence electrons. The van der Waals surface area contributed by atoms with E-state index < -0.39 is 50.5 Å². The minimum atomic E-state index is -4.25. The van der Waals surface area contributed by atoms with Gasteiger partial charge in [-0.3, -0.25) is 14.5 Å². The van der Waals surface area contributed by atoms with Crippen LogP contribution in [0.5, 0.6) is 46.0 Å². The fourth-order valence-electron chi connectivity index (χ4n) is 8.91. The van der Waals surface area contributed by atoms with Crippen molar-refractivity contribution in [3.63, 3.8) is 0 Å². The second-order valence-electron chi connectivity index (χ2n) is 18.4. The van der Waals surface area contributed by atoms with E-state index >= 15 is 0 Å². The molecule has 1 fully saturated rings. The number of ether oxygens (including phenoxy) is 8. The molecule has 4 aromatic carbocycles. The van der Waals surface area contributed by atoms with Crippen LogP contribution in [-0.2, 0) is 33.3 Å². The van der Waals surface area contributed by atoms with E-state index in [0.717, 1.165) is 0 Å². The number of phenolic OH excluding ortho intramolecular Hbond substituents is 5. The summed E-state index contributed by atoms with van der Waals surface area (Å²) in [5.41, 5.74) is 2.61. The highest BCUT2D eigenvalue weighted by molar-refractivity contribution is 9.09. The SMILES string of the molecule is CC1c2cc(c(O)cc2O)C(C)c2cc(c(OC(=O)CN3CCOCCOCCOCCOCC3)cc2OC(=O)CBr)C(C)c2cc(c(O)cc2O)C(C)c2cc1c(O)cc2OCC(O)COCCC[Si](O)(O)O. The zero-order chi connectivity index (χ0) is 53.7. The Morgan fingerprint density at radius 1 is 0.568 bits per heavy atom. The third-order valence-corrected chi connectivity index (χ3v) is 14.5. The topological polar surface area (TPSA) is 293 Å². The van der Waals surface area contributed by atoms with Crippen molar-refractivity contribution in [3.8, 4) is 46.0 Å². The summed E-state index contributed by atoms with van der Waals surface area (Å²) >= 11 is 3.17. The number of carbonyl (C=O) groups is 2. The second-order valence-corrected chi connectivity index (χ2v) is 21.0. The summed E-state index contributed by atoms with van der Waals surface area (Å²) < 4.78 is 46.3. The number of fused-ring (bicyclic) bond motifs is 8. The summed E-state index contributed by atoms with van der Waals surface area (Å²) in [4.78, 5) is 56.9. The van der Waals surface area contributed by atoms with Gasteiger partial charge in [0, 0.05) is 118 Å². The Morgan fingerprint density at radius 2 is 0.959 bits per heavy atom. The molecule has 0 radical (unpaired) electrons. The van der Waals surface area contributed by atoms with Crippen LogP contribution < -0.4 is 14.2 Å². The van der Waals surface area contributed by atoms with Gasteiger partial charge in [0.05, 0.1) is 66.0 Å². The van der Waals surface area contributed by atoms with E-state index in [2.05, 4.69) is 15.9 Å². The van der Waals surface area contributed by atoms with Crippen molar-refractivity contribution in [1.82, 2.24) is 4.90 Å². The summed E-state index contributed by atoms with van der Waals surface area (Å²) in [6.07, 6.45) is -1.06. The summed E-state index contributed by atoms with van der Waals surface area (Å²) in [5, 5.41) is 68.6. The lowest BCUT2D eigenvalue weighted by molar-refractivity contribution is -0.136. The molecule has 5 atom stereocenters. The second kappa shape index (κ2) is 27.1. The van der Waals surface area contributed by atoms with Gasteiger partial charge in [-0.1, -0.05) is 43.6 Å². The summed E-state index contributed by atoms with van der Waals surface area (Å²) in [6.45, 7) is 9.79. The summed E-state index contributed by atoms with van der Waals surface area (Å²) in [7, 11) is -4.25. The molecule has 74 heavy (non-hydrogen) atoms. The average molecular weight is 1120 g/mol. The van der Waals surface area contributed by atoms with Crippen molar-refractivity contribution >= 4 is 36.7 Å². The van der Waals surface area contributed by atoms with Gasteiger partial charge in [0.25, 0.3) is 0 Å². The first-order valence-electron chi connectivity index (χ1n) is 24.5. The van der Waals surface area contributed by atoms with Gasteiger partial charge >= 0.3 is 20.7 Å². The highest BCUT2D eigenvalue weighted by atomic mass is 79.9. The van der Waals surface area contributed by atoms with Crippen molar-refractivity contribution in [1.29, 1.82) is 0 Å². The third kappa shape index (κ3) is 15.7. The van der Waals surface area contributed by atoms with Crippen molar-refractivity contribution in [2.24, 2.45) is 0 Å². The van der Waals surface area contributed by atoms with Crippen LogP contribution in [0.2, 0.25) is 6.04 Å². The largest absolute Gasteiger partial charge is 0.508 e. The Balaban J connectivity index is 1.45. The minimum absolute atomic E-state index is 0.00853. The molecule has 0 spiro atoms. The third-order valence-electron chi connectivity index (χ3n) is 13.1. The minimum Gasteiger partial charge on any atom is -0.508 e. The number of aliphatic hydroxyl groups is 1. The molecule has 5 unspecified atom stereocenters. The predicted molar refractivity (Wildman–Crippen MR) is 273 cm³/mol. The highest BCUT2D eigenvalue weighted by Crippen LogP contribution is 2.50. The van der Waals surface area contributed by atoms with Gasteiger partial charge in [-0.25, -0.2) is 0 Å². The van der Waals surface area contributed by atoms with E-state index in [-0.39, 0.29) is 109 Å². The molecule has 20 nitrogen and oxygen atoms in total. The number of aromatic hydroxyl groups is 5. The number of hydrogen-bond donors (Lipinski definition) is 9. The Morgan fingerprint density at radius 3 is 1.42 bits per heavy atom. The van der Waals surface area contributed by atoms with Gasteiger partial charge in [-0.05, 0) is 30.7 Å². The molecule has 1 aliphatic heterocycles. The number of alkyl halides is 1. The maximum absolute atomic E-state index is 14.2. The lowest BCUT2D eigenvalue weighted by atomic mass is 9.80. The van der Waals surface area contributed by atoms with E-state index in [9.17, 15) is 54.6 Å². The van der Waals surface area contributed by atoms with E-state index in [1.54, 1.807) is 52.0 Å². The van der Waals surface area contributed by atoms with Crippen molar-refractivity contribution in [2.75, 3.05) is 97.6 Å². The number of rotatable bonds is 14. The smallest absolute Gasteiger partial charge is 0.492 e. The monoisotopic (exact) mass is 1120 g/mol. The van der Waals surface area contributed by atoms with Crippen LogP contribution >= 0.6 is 15.9 Å². The summed E-state index contributed by atoms with van der Waals surface area (Å²) in [6, 6.07) is 11.4. The van der Waals surface area contributed by atoms with Crippen LogP contribution in [0.3, 0.4) is 0 Å². The number of benzene rings is 4. The molecular formula is C52H68BrNO19Si. The lowest BCUT2D eigenvalue weighted by Crippen LogP contribution is -2.37. The molecule has 8 bridgehead atoms. The maximum atomic E-state index is 14.2. The van der Waals surface area contributed by atoms with Crippen LogP contribution in [0, 0.1) is 0 Å². The van der Waals surface area contributed by atoms with Crippen LogP contribution in [0.4, 0.5) is 0 Å². The molecule has 4 aromatic rings. The molecule has 0 saturated carbocycles. The number of phenols is 5. The van der Waals surface area contributed by atoms with Crippen LogP contribution in [0.25, 0.3) is 0 Å². The molecule has 6 rings (SSSR count). The zero-order valence-electron chi connectivity index (χ0n) is 42.0. The standard InChI is InChI=1S/C52H68BrNO19Si/c1-30-35-18-37(45(58)22-43(35)56)32(3)41-21-42(50(25-49(41)72-51(61)26-53)73-52(62)27-54-6-9-66-11-13-68-15-16-69-14-12-67-10-7-54)33(4)38-19-36(44(57)23-46(38)59)31(2)40-20-39(30)47(60)24-48(40)71-29-34(55)28-70-8-5-17-74(63,64)65/h18-25,30-34,55-60,63-65H,5-17,26-29H2,1-4H3.